The van der Waals surface area contributed by atoms with Crippen molar-refractivity contribution in [2.24, 2.45) is 0 Å². The van der Waals surface area contributed by atoms with E-state index >= 15 is 0 Å². The lowest BCUT2D eigenvalue weighted by Gasteiger charge is -2.53. The number of H-pyrrole nitrogens is 1. The molecule has 0 spiro atoms. The van der Waals surface area contributed by atoms with Crippen LogP contribution < -0.4 is 0 Å². The smallest absolute Gasteiger partial charge is 0.249 e. The van der Waals surface area contributed by atoms with Crippen molar-refractivity contribution in [1.82, 2.24) is 24.6 Å². The summed E-state index contributed by atoms with van der Waals surface area (Å²) in [6.07, 6.45) is 0.396. The summed E-state index contributed by atoms with van der Waals surface area (Å²) in [6, 6.07) is 12.1. The molecule has 37 heavy (non-hydrogen) atoms. The van der Waals surface area contributed by atoms with Crippen LogP contribution in [0.5, 0.6) is 5.75 Å². The highest BCUT2D eigenvalue weighted by atomic mass is 35.5. The number of fused-ring (bicyclic) bond motifs is 4. The SMILES string of the molecule is CN1CCN(CCN2CC(=O)N3[C@H](c4cccc(O)c4)c4[nH]c5ccc(Cl)cc5c4C[C@@]3(C)C2=O)CC1. The number of aromatic amines is 1. The molecule has 3 aliphatic rings. The van der Waals surface area contributed by atoms with Gasteiger partial charge in [0.05, 0.1) is 12.6 Å². The van der Waals surface area contributed by atoms with Crippen molar-refractivity contribution in [2.75, 3.05) is 52.9 Å². The largest absolute Gasteiger partial charge is 0.508 e. The summed E-state index contributed by atoms with van der Waals surface area (Å²) in [5, 5.41) is 11.9. The summed E-state index contributed by atoms with van der Waals surface area (Å²) < 4.78 is 0. The van der Waals surface area contributed by atoms with Crippen LogP contribution in [-0.4, -0.2) is 99.9 Å². The van der Waals surface area contributed by atoms with Gasteiger partial charge in [0.25, 0.3) is 0 Å². The van der Waals surface area contributed by atoms with Gasteiger partial charge in [-0.2, -0.15) is 0 Å². The van der Waals surface area contributed by atoms with Gasteiger partial charge >= 0.3 is 0 Å². The Balaban J connectivity index is 1.40. The molecule has 3 aliphatic heterocycles. The summed E-state index contributed by atoms with van der Waals surface area (Å²) >= 11 is 6.37. The van der Waals surface area contributed by atoms with E-state index < -0.39 is 11.6 Å². The highest BCUT2D eigenvalue weighted by molar-refractivity contribution is 6.31. The first-order valence-corrected chi connectivity index (χ1v) is 13.2. The topological polar surface area (TPSA) is 83.1 Å². The van der Waals surface area contributed by atoms with Crippen LogP contribution in [-0.2, 0) is 16.0 Å². The molecular formula is C28H32ClN5O3. The van der Waals surface area contributed by atoms with Crippen molar-refractivity contribution in [1.29, 1.82) is 0 Å². The van der Waals surface area contributed by atoms with Gasteiger partial charge in [0, 0.05) is 67.3 Å². The number of hydrogen-bond acceptors (Lipinski definition) is 5. The second-order valence-corrected chi connectivity index (χ2v) is 11.2. The molecule has 194 valence electrons. The number of halogens is 1. The van der Waals surface area contributed by atoms with E-state index in [9.17, 15) is 14.7 Å². The molecular weight excluding hydrogens is 490 g/mol. The summed E-state index contributed by atoms with van der Waals surface area (Å²) in [7, 11) is 2.12. The molecule has 2 amide bonds. The Morgan fingerprint density at radius 2 is 1.86 bits per heavy atom. The lowest BCUT2D eigenvalue weighted by Crippen LogP contribution is -2.70. The normalized spacial score (nSPS) is 25.0. The molecule has 0 aliphatic carbocycles. The van der Waals surface area contributed by atoms with E-state index in [2.05, 4.69) is 21.8 Å². The van der Waals surface area contributed by atoms with Crippen LogP contribution >= 0.6 is 11.6 Å². The molecule has 2 fully saturated rings. The summed E-state index contributed by atoms with van der Waals surface area (Å²) in [6.45, 7) is 7.18. The molecule has 6 rings (SSSR count). The summed E-state index contributed by atoms with van der Waals surface area (Å²) in [5.74, 6) is -0.000336. The first-order valence-electron chi connectivity index (χ1n) is 12.9. The summed E-state index contributed by atoms with van der Waals surface area (Å²) in [4.78, 5) is 39.7. The minimum absolute atomic E-state index is 0.0339. The number of nitrogens with one attached hydrogen (secondary N) is 1. The molecule has 2 N–H and O–H groups in total. The van der Waals surface area contributed by atoms with E-state index in [1.54, 1.807) is 28.0 Å². The van der Waals surface area contributed by atoms with Gasteiger partial charge in [0.15, 0.2) is 0 Å². The van der Waals surface area contributed by atoms with E-state index in [-0.39, 0.29) is 24.1 Å². The number of piperazine rings is 2. The van der Waals surface area contributed by atoms with Crippen molar-refractivity contribution < 1.29 is 14.7 Å². The molecule has 0 radical (unpaired) electrons. The van der Waals surface area contributed by atoms with Crippen molar-refractivity contribution in [3.63, 3.8) is 0 Å². The van der Waals surface area contributed by atoms with Gasteiger partial charge in [-0.3, -0.25) is 14.5 Å². The highest BCUT2D eigenvalue weighted by Crippen LogP contribution is 2.47. The van der Waals surface area contributed by atoms with Gasteiger partial charge in [-0.05, 0) is 55.4 Å². The van der Waals surface area contributed by atoms with Crippen LogP contribution in [0.4, 0.5) is 0 Å². The Hall–Kier alpha value is -3.07. The predicted octanol–water partition coefficient (Wildman–Crippen LogP) is 2.85. The molecule has 0 saturated carbocycles. The number of phenols is 1. The lowest BCUT2D eigenvalue weighted by atomic mass is 9.78. The van der Waals surface area contributed by atoms with E-state index in [0.29, 0.717) is 18.0 Å². The number of aromatic hydroxyl groups is 1. The number of rotatable bonds is 4. The minimum atomic E-state index is -1.06. The fraction of sp³-hybridized carbons (Fsp3) is 0.429. The monoisotopic (exact) mass is 521 g/mol. The number of likely N-dealkylation sites (N-methyl/N-ethyl adjacent to an activating group) is 1. The zero-order chi connectivity index (χ0) is 25.9. The van der Waals surface area contributed by atoms with E-state index in [4.69, 9.17) is 11.6 Å². The maximum atomic E-state index is 14.1. The molecule has 8 nitrogen and oxygen atoms in total. The fourth-order valence-electron chi connectivity index (χ4n) is 6.28. The average molecular weight is 522 g/mol. The van der Waals surface area contributed by atoms with Gasteiger partial charge in [-0.1, -0.05) is 23.7 Å². The van der Waals surface area contributed by atoms with Crippen molar-refractivity contribution in [3.05, 3.63) is 64.3 Å². The third kappa shape index (κ3) is 4.07. The van der Waals surface area contributed by atoms with Crippen LogP contribution in [0.15, 0.2) is 42.5 Å². The maximum absolute atomic E-state index is 14.1. The first kappa shape index (κ1) is 24.3. The van der Waals surface area contributed by atoms with E-state index in [0.717, 1.165) is 60.4 Å². The van der Waals surface area contributed by atoms with Crippen molar-refractivity contribution in [3.8, 4) is 5.75 Å². The Morgan fingerprint density at radius 1 is 1.08 bits per heavy atom. The van der Waals surface area contributed by atoms with Crippen molar-refractivity contribution >= 4 is 34.3 Å². The minimum Gasteiger partial charge on any atom is -0.508 e. The Kier molecular flexibility index (Phi) is 5.93. The highest BCUT2D eigenvalue weighted by Gasteiger charge is 2.56. The molecule has 2 atom stereocenters. The maximum Gasteiger partial charge on any atom is 0.249 e. The number of carbonyl (C=O) groups is 2. The number of nitrogens with zero attached hydrogens (tertiary/aromatic N) is 4. The Labute approximate surface area is 221 Å². The van der Waals surface area contributed by atoms with Gasteiger partial charge < -0.3 is 24.8 Å². The van der Waals surface area contributed by atoms with Gasteiger partial charge in [-0.15, -0.1) is 0 Å². The van der Waals surface area contributed by atoms with Crippen molar-refractivity contribution in [2.45, 2.75) is 24.9 Å². The third-order valence-electron chi connectivity index (χ3n) is 8.30. The van der Waals surface area contributed by atoms with Crippen LogP contribution in [0.1, 0.15) is 29.8 Å². The number of amides is 2. The lowest BCUT2D eigenvalue weighted by molar-refractivity contribution is -0.167. The Bertz CT molecular complexity index is 1380. The van der Waals surface area contributed by atoms with Gasteiger partial charge in [0.1, 0.15) is 11.3 Å². The third-order valence-corrected chi connectivity index (χ3v) is 8.53. The molecule has 9 heteroatoms. The molecule has 3 aromatic rings. The second-order valence-electron chi connectivity index (χ2n) is 10.8. The Morgan fingerprint density at radius 3 is 2.62 bits per heavy atom. The number of phenolic OH excluding ortho intramolecular Hbond substituents is 1. The molecule has 1 aromatic heterocycles. The van der Waals surface area contributed by atoms with E-state index in [1.165, 1.54) is 0 Å². The predicted molar refractivity (Wildman–Crippen MR) is 143 cm³/mol. The number of hydrogen-bond donors (Lipinski definition) is 2. The molecule has 0 unspecified atom stereocenters. The number of benzene rings is 2. The molecule has 0 bridgehead atoms. The van der Waals surface area contributed by atoms with Crippen LogP contribution in [0.25, 0.3) is 10.9 Å². The van der Waals surface area contributed by atoms with Gasteiger partial charge in [-0.25, -0.2) is 0 Å². The van der Waals surface area contributed by atoms with Crippen LogP contribution in [0, 0.1) is 0 Å². The molecule has 4 heterocycles. The zero-order valence-electron chi connectivity index (χ0n) is 21.2. The van der Waals surface area contributed by atoms with Crippen LogP contribution in [0.2, 0.25) is 5.02 Å². The number of carbonyl (C=O) groups excluding carboxylic acids is 2. The van der Waals surface area contributed by atoms with Crippen LogP contribution in [0.3, 0.4) is 0 Å². The fourth-order valence-corrected chi connectivity index (χ4v) is 6.45. The van der Waals surface area contributed by atoms with E-state index in [1.807, 2.05) is 31.2 Å². The standard InChI is InChI=1S/C28H32ClN5O3/c1-28-16-22-21-15-19(29)6-7-23(21)30-25(22)26(18-4-3-5-20(35)14-18)34(28)24(36)17-33(27(28)37)13-12-32-10-8-31(2)9-11-32/h3-7,14-15,26,30,35H,8-13,16-17H2,1-2H3/t26-,28+/m1/s1. The molecule has 2 aromatic carbocycles. The first-order chi connectivity index (χ1) is 17.7. The second kappa shape index (κ2) is 9.04. The number of aromatic nitrogens is 1. The average Bonchev–Trinajstić information content (AvgIpc) is 3.22. The molecule has 2 saturated heterocycles. The van der Waals surface area contributed by atoms with Gasteiger partial charge in [0.2, 0.25) is 11.8 Å². The zero-order valence-corrected chi connectivity index (χ0v) is 22.0. The summed E-state index contributed by atoms with van der Waals surface area (Å²) in [5.41, 5.74) is 2.48. The quantitative estimate of drug-likeness (QED) is 0.551.